The summed E-state index contributed by atoms with van der Waals surface area (Å²) >= 11 is 0. The monoisotopic (exact) mass is 290 g/mol. The van der Waals surface area contributed by atoms with Crippen molar-refractivity contribution >= 4 is 0 Å². The minimum Gasteiger partial charge on any atom is -0.497 e. The Kier molecular flexibility index (Phi) is 5.04. The third-order valence-electron chi connectivity index (χ3n) is 3.68. The molecule has 0 spiro atoms. The summed E-state index contributed by atoms with van der Waals surface area (Å²) in [6, 6.07) is 5.89. The zero-order valence-corrected chi connectivity index (χ0v) is 12.8. The number of aryl methyl sites for hydroxylation is 1. The molecule has 0 fully saturated rings. The molecule has 0 saturated carbocycles. The largest absolute Gasteiger partial charge is 0.497 e. The number of methoxy groups -OCH3 is 3. The van der Waals surface area contributed by atoms with Crippen molar-refractivity contribution in [3.05, 3.63) is 47.6 Å². The second kappa shape index (κ2) is 6.78. The van der Waals surface area contributed by atoms with Crippen molar-refractivity contribution in [3.8, 4) is 11.5 Å². The third kappa shape index (κ3) is 4.09. The van der Waals surface area contributed by atoms with Gasteiger partial charge in [-0.2, -0.15) is 0 Å². The van der Waals surface area contributed by atoms with Crippen LogP contribution in [0.3, 0.4) is 0 Å². The molecule has 114 valence electrons. The molecule has 0 aromatic heterocycles. The summed E-state index contributed by atoms with van der Waals surface area (Å²) in [6.07, 6.45) is 7.90. The van der Waals surface area contributed by atoms with Gasteiger partial charge < -0.3 is 19.3 Å². The van der Waals surface area contributed by atoms with Crippen molar-refractivity contribution in [2.24, 2.45) is 0 Å². The van der Waals surface area contributed by atoms with Gasteiger partial charge in [0.05, 0.1) is 14.2 Å². The fourth-order valence-electron chi connectivity index (χ4n) is 2.29. The van der Waals surface area contributed by atoms with Crippen molar-refractivity contribution in [1.29, 1.82) is 0 Å². The Morgan fingerprint density at radius 1 is 1.05 bits per heavy atom. The number of hydrogen-bond donors (Lipinski definition) is 1. The molecule has 0 heterocycles. The van der Waals surface area contributed by atoms with Gasteiger partial charge >= 0.3 is 0 Å². The van der Waals surface area contributed by atoms with Gasteiger partial charge in [0.15, 0.2) is 5.79 Å². The van der Waals surface area contributed by atoms with Gasteiger partial charge in [-0.25, -0.2) is 0 Å². The second-order valence-corrected chi connectivity index (χ2v) is 5.09. The van der Waals surface area contributed by atoms with Crippen molar-refractivity contribution < 1.29 is 19.3 Å². The Balaban J connectivity index is 1.99. The summed E-state index contributed by atoms with van der Waals surface area (Å²) in [5.74, 6) is 0.445. The van der Waals surface area contributed by atoms with E-state index in [1.54, 1.807) is 20.3 Å². The van der Waals surface area contributed by atoms with E-state index in [4.69, 9.17) is 14.2 Å². The van der Waals surface area contributed by atoms with E-state index in [-0.39, 0.29) is 0 Å². The predicted molar refractivity (Wildman–Crippen MR) is 81.7 cm³/mol. The van der Waals surface area contributed by atoms with Gasteiger partial charge in [-0.1, -0.05) is 17.7 Å². The van der Waals surface area contributed by atoms with E-state index in [9.17, 15) is 5.11 Å². The fraction of sp³-hybridized carbons (Fsp3) is 0.412. The molecule has 0 saturated heterocycles. The standard InChI is InChI=1S/C17H22O4/c1-19-15-10-14(11-16(12-15)20-2)5-4-13-6-8-17(18,21-3)9-7-13/h6-8,10-12,18H,4-5,9H2,1-3H3. The zero-order valence-electron chi connectivity index (χ0n) is 12.8. The van der Waals surface area contributed by atoms with Gasteiger partial charge in [-0.3, -0.25) is 0 Å². The van der Waals surface area contributed by atoms with Crippen LogP contribution in [0.15, 0.2) is 42.0 Å². The Hall–Kier alpha value is -1.78. The molecule has 1 atom stereocenters. The Bertz CT molecular complexity index is 525. The van der Waals surface area contributed by atoms with E-state index >= 15 is 0 Å². The van der Waals surface area contributed by atoms with Crippen LogP contribution in [0.5, 0.6) is 11.5 Å². The topological polar surface area (TPSA) is 47.9 Å². The molecular weight excluding hydrogens is 268 g/mol. The van der Waals surface area contributed by atoms with E-state index < -0.39 is 5.79 Å². The maximum Gasteiger partial charge on any atom is 0.188 e. The minimum absolute atomic E-state index is 0.483. The lowest BCUT2D eigenvalue weighted by Gasteiger charge is -2.24. The highest BCUT2D eigenvalue weighted by molar-refractivity contribution is 5.39. The first-order valence-electron chi connectivity index (χ1n) is 6.96. The van der Waals surface area contributed by atoms with Crippen LogP contribution in [0.25, 0.3) is 0 Å². The molecule has 0 amide bonds. The molecule has 4 heteroatoms. The summed E-state index contributed by atoms with van der Waals surface area (Å²) < 4.78 is 15.6. The van der Waals surface area contributed by atoms with Crippen LogP contribution in [-0.2, 0) is 11.2 Å². The van der Waals surface area contributed by atoms with E-state index in [0.29, 0.717) is 6.42 Å². The van der Waals surface area contributed by atoms with Crippen LogP contribution < -0.4 is 9.47 Å². The minimum atomic E-state index is -1.15. The Morgan fingerprint density at radius 2 is 1.71 bits per heavy atom. The maximum absolute atomic E-state index is 9.93. The first-order valence-corrected chi connectivity index (χ1v) is 6.96. The van der Waals surface area contributed by atoms with Gasteiger partial charge in [-0.15, -0.1) is 0 Å². The molecule has 1 aromatic carbocycles. The van der Waals surface area contributed by atoms with E-state index in [1.165, 1.54) is 12.7 Å². The molecule has 0 radical (unpaired) electrons. The van der Waals surface area contributed by atoms with E-state index in [2.05, 4.69) is 0 Å². The van der Waals surface area contributed by atoms with Crippen LogP contribution in [0.1, 0.15) is 18.4 Å². The molecule has 21 heavy (non-hydrogen) atoms. The molecule has 1 N–H and O–H groups in total. The summed E-state index contributed by atoms with van der Waals surface area (Å²) in [6.45, 7) is 0. The lowest BCUT2D eigenvalue weighted by molar-refractivity contribution is -0.143. The number of allylic oxidation sites excluding steroid dienone is 2. The first-order chi connectivity index (χ1) is 10.1. The summed E-state index contributed by atoms with van der Waals surface area (Å²) in [7, 11) is 4.80. The average Bonchev–Trinajstić information content (AvgIpc) is 2.54. The van der Waals surface area contributed by atoms with Gasteiger partial charge in [0, 0.05) is 19.6 Å². The molecule has 0 bridgehead atoms. The van der Waals surface area contributed by atoms with Crippen molar-refractivity contribution in [2.75, 3.05) is 21.3 Å². The van der Waals surface area contributed by atoms with Crippen LogP contribution in [-0.4, -0.2) is 32.2 Å². The lowest BCUT2D eigenvalue weighted by Crippen LogP contribution is -2.28. The summed E-state index contributed by atoms with van der Waals surface area (Å²) in [5.41, 5.74) is 2.35. The van der Waals surface area contributed by atoms with Gasteiger partial charge in [0.25, 0.3) is 0 Å². The molecule has 1 aliphatic carbocycles. The quantitative estimate of drug-likeness (QED) is 0.818. The summed E-state index contributed by atoms with van der Waals surface area (Å²) in [4.78, 5) is 0. The molecule has 2 rings (SSSR count). The molecule has 0 aliphatic heterocycles. The molecular formula is C17H22O4. The van der Waals surface area contributed by atoms with Crippen LogP contribution in [0, 0.1) is 0 Å². The fourth-order valence-corrected chi connectivity index (χ4v) is 2.29. The number of benzene rings is 1. The predicted octanol–water partition coefficient (Wildman–Crippen LogP) is 2.86. The second-order valence-electron chi connectivity index (χ2n) is 5.09. The smallest absolute Gasteiger partial charge is 0.188 e. The number of rotatable bonds is 6. The van der Waals surface area contributed by atoms with E-state index in [1.807, 2.05) is 30.4 Å². The van der Waals surface area contributed by atoms with Crippen LogP contribution in [0.4, 0.5) is 0 Å². The maximum atomic E-state index is 9.93. The normalized spacial score (nSPS) is 21.0. The Labute approximate surface area is 125 Å². The van der Waals surface area contributed by atoms with Crippen LogP contribution >= 0.6 is 0 Å². The lowest BCUT2D eigenvalue weighted by atomic mass is 9.97. The molecule has 4 nitrogen and oxygen atoms in total. The number of aliphatic hydroxyl groups is 1. The van der Waals surface area contributed by atoms with Crippen molar-refractivity contribution in [2.45, 2.75) is 25.0 Å². The highest BCUT2D eigenvalue weighted by Crippen LogP contribution is 2.26. The van der Waals surface area contributed by atoms with Crippen molar-refractivity contribution in [3.63, 3.8) is 0 Å². The average molecular weight is 290 g/mol. The molecule has 1 aliphatic rings. The highest BCUT2D eigenvalue weighted by Gasteiger charge is 2.23. The number of hydrogen-bond acceptors (Lipinski definition) is 4. The van der Waals surface area contributed by atoms with E-state index in [0.717, 1.165) is 29.9 Å². The Morgan fingerprint density at radius 3 is 2.19 bits per heavy atom. The first kappa shape index (κ1) is 15.6. The van der Waals surface area contributed by atoms with Gasteiger partial charge in [0.2, 0.25) is 0 Å². The van der Waals surface area contributed by atoms with Gasteiger partial charge in [-0.05, 0) is 36.6 Å². The summed E-state index contributed by atoms with van der Waals surface area (Å²) in [5, 5.41) is 9.93. The van der Waals surface area contributed by atoms with Gasteiger partial charge in [0.1, 0.15) is 11.5 Å². The van der Waals surface area contributed by atoms with Crippen molar-refractivity contribution in [1.82, 2.24) is 0 Å². The number of ether oxygens (including phenoxy) is 3. The highest BCUT2D eigenvalue weighted by atomic mass is 16.6. The molecule has 1 aromatic rings. The third-order valence-corrected chi connectivity index (χ3v) is 3.68. The SMILES string of the molecule is COc1cc(CCC2=CCC(O)(OC)C=C2)cc(OC)c1. The molecule has 1 unspecified atom stereocenters. The van der Waals surface area contributed by atoms with Crippen LogP contribution in [0.2, 0.25) is 0 Å². The zero-order chi connectivity index (χ0) is 15.3.